The van der Waals surface area contributed by atoms with Crippen LogP contribution in [-0.2, 0) is 17.9 Å². The zero-order chi connectivity index (χ0) is 20.8. The number of thioether (sulfide) groups is 1. The van der Waals surface area contributed by atoms with Crippen molar-refractivity contribution >= 4 is 23.6 Å². The molecule has 0 atom stereocenters. The molecule has 158 valence electrons. The Kier molecular flexibility index (Phi) is 6.62. The second-order valence-electron chi connectivity index (χ2n) is 8.07. The van der Waals surface area contributed by atoms with E-state index in [4.69, 9.17) is 0 Å². The van der Waals surface area contributed by atoms with Crippen LogP contribution in [0.1, 0.15) is 36.8 Å². The lowest BCUT2D eigenvalue weighted by Crippen LogP contribution is -2.41. The van der Waals surface area contributed by atoms with E-state index in [0.717, 1.165) is 38.6 Å². The van der Waals surface area contributed by atoms with Crippen molar-refractivity contribution in [1.82, 2.24) is 15.5 Å². The summed E-state index contributed by atoms with van der Waals surface area (Å²) in [5.41, 5.74) is 2.55. The summed E-state index contributed by atoms with van der Waals surface area (Å²) in [5, 5.41) is 6.83. The quantitative estimate of drug-likeness (QED) is 0.386. The molecule has 1 fully saturated rings. The molecule has 1 aliphatic carbocycles. The molecule has 1 saturated carbocycles. The third-order valence-corrected chi connectivity index (χ3v) is 7.23. The summed E-state index contributed by atoms with van der Waals surface area (Å²) < 4.78 is 0.277. The van der Waals surface area contributed by atoms with Crippen LogP contribution in [0.25, 0.3) is 0 Å². The number of fused-ring (bicyclic) bond motifs is 1. The van der Waals surface area contributed by atoms with Crippen LogP contribution in [0, 0.1) is 0 Å². The number of nitrogens with zero attached hydrogens (tertiary/aromatic N) is 2. The van der Waals surface area contributed by atoms with Crippen molar-refractivity contribution in [2.24, 2.45) is 4.99 Å². The summed E-state index contributed by atoms with van der Waals surface area (Å²) in [6, 6.07) is 18.9. The Morgan fingerprint density at radius 1 is 1.03 bits per heavy atom. The van der Waals surface area contributed by atoms with Crippen LogP contribution < -0.4 is 10.6 Å². The van der Waals surface area contributed by atoms with E-state index in [0.29, 0.717) is 6.42 Å². The molecule has 0 bridgehead atoms. The van der Waals surface area contributed by atoms with E-state index in [1.807, 2.05) is 28.8 Å². The molecule has 6 heteroatoms. The minimum Gasteiger partial charge on any atom is -0.356 e. The van der Waals surface area contributed by atoms with Crippen molar-refractivity contribution in [3.63, 3.8) is 0 Å². The molecule has 0 spiro atoms. The molecule has 0 aromatic heterocycles. The maximum absolute atomic E-state index is 12.5. The lowest BCUT2D eigenvalue weighted by atomic mass is 10.1. The molecule has 2 N–H and O–H groups in total. The van der Waals surface area contributed by atoms with Gasteiger partial charge in [-0.1, -0.05) is 42.5 Å². The summed E-state index contributed by atoms with van der Waals surface area (Å²) in [7, 11) is 1.80. The lowest BCUT2D eigenvalue weighted by molar-refractivity contribution is -0.131. The minimum absolute atomic E-state index is 0.229. The van der Waals surface area contributed by atoms with Gasteiger partial charge in [0.1, 0.15) is 0 Å². The van der Waals surface area contributed by atoms with Crippen molar-refractivity contribution in [3.8, 4) is 0 Å². The Morgan fingerprint density at radius 3 is 2.33 bits per heavy atom. The third-order valence-electron chi connectivity index (χ3n) is 5.74. The molecule has 1 amide bonds. The first-order valence-corrected chi connectivity index (χ1v) is 11.5. The van der Waals surface area contributed by atoms with Gasteiger partial charge in [0.2, 0.25) is 5.91 Å². The smallest absolute Gasteiger partial charge is 0.223 e. The first-order valence-electron chi connectivity index (χ1n) is 10.7. The molecule has 1 heterocycles. The van der Waals surface area contributed by atoms with Gasteiger partial charge in [-0.3, -0.25) is 9.79 Å². The first-order chi connectivity index (χ1) is 14.7. The summed E-state index contributed by atoms with van der Waals surface area (Å²) in [5.74, 6) is 1.04. The van der Waals surface area contributed by atoms with Crippen LogP contribution in [0.4, 0.5) is 0 Å². The number of nitrogens with one attached hydrogen (secondary N) is 2. The van der Waals surface area contributed by atoms with Crippen molar-refractivity contribution in [2.45, 2.75) is 48.4 Å². The van der Waals surface area contributed by atoms with Crippen LogP contribution in [-0.4, -0.2) is 41.7 Å². The highest BCUT2D eigenvalue weighted by Crippen LogP contribution is 2.51. The minimum atomic E-state index is 0.229. The number of amides is 1. The Morgan fingerprint density at radius 2 is 1.70 bits per heavy atom. The topological polar surface area (TPSA) is 56.7 Å². The summed E-state index contributed by atoms with van der Waals surface area (Å²) >= 11 is 1.96. The van der Waals surface area contributed by atoms with E-state index in [-0.39, 0.29) is 10.7 Å². The number of carbonyl (C=O) groups is 1. The molecule has 2 aromatic rings. The van der Waals surface area contributed by atoms with E-state index < -0.39 is 0 Å². The van der Waals surface area contributed by atoms with Gasteiger partial charge in [0.05, 0.1) is 0 Å². The van der Waals surface area contributed by atoms with Crippen LogP contribution in [0.2, 0.25) is 0 Å². The first kappa shape index (κ1) is 20.8. The average Bonchev–Trinajstić information content (AvgIpc) is 3.39. The molecule has 5 nitrogen and oxygen atoms in total. The normalized spacial score (nSPS) is 16.8. The maximum Gasteiger partial charge on any atom is 0.223 e. The SMILES string of the molecule is CN=C(NCCCC(=O)N1Cc2ccccc2C1)NCC1(Sc2ccccc2)CC1. The molecule has 2 aromatic carbocycles. The largest absolute Gasteiger partial charge is 0.356 e. The van der Waals surface area contributed by atoms with Gasteiger partial charge in [-0.05, 0) is 42.5 Å². The molecule has 4 rings (SSSR count). The Balaban J connectivity index is 1.15. The van der Waals surface area contributed by atoms with E-state index in [2.05, 4.69) is 58.1 Å². The molecule has 0 radical (unpaired) electrons. The van der Waals surface area contributed by atoms with E-state index >= 15 is 0 Å². The highest BCUT2D eigenvalue weighted by atomic mass is 32.2. The van der Waals surface area contributed by atoms with E-state index in [9.17, 15) is 4.79 Å². The fourth-order valence-electron chi connectivity index (χ4n) is 3.77. The molecular formula is C24H30N4OS. The molecular weight excluding hydrogens is 392 g/mol. The van der Waals surface area contributed by atoms with Gasteiger partial charge in [0.25, 0.3) is 0 Å². The second-order valence-corrected chi connectivity index (χ2v) is 9.61. The molecule has 2 aliphatic rings. The van der Waals surface area contributed by atoms with Gasteiger partial charge < -0.3 is 15.5 Å². The Bertz CT molecular complexity index is 870. The van der Waals surface area contributed by atoms with Gasteiger partial charge in [-0.15, -0.1) is 11.8 Å². The van der Waals surface area contributed by atoms with Gasteiger partial charge in [0.15, 0.2) is 5.96 Å². The zero-order valence-electron chi connectivity index (χ0n) is 17.6. The van der Waals surface area contributed by atoms with Crippen molar-refractivity contribution < 1.29 is 4.79 Å². The van der Waals surface area contributed by atoms with Crippen LogP contribution in [0.5, 0.6) is 0 Å². The highest BCUT2D eigenvalue weighted by Gasteiger charge is 2.43. The fraction of sp³-hybridized carbons (Fsp3) is 0.417. The van der Waals surface area contributed by atoms with Crippen LogP contribution in [0.3, 0.4) is 0 Å². The van der Waals surface area contributed by atoms with E-state index in [1.54, 1.807) is 7.05 Å². The second kappa shape index (κ2) is 9.56. The van der Waals surface area contributed by atoms with Gasteiger partial charge in [-0.25, -0.2) is 0 Å². The third kappa shape index (κ3) is 5.36. The van der Waals surface area contributed by atoms with Crippen molar-refractivity contribution in [3.05, 3.63) is 65.7 Å². The summed E-state index contributed by atoms with van der Waals surface area (Å²) in [4.78, 5) is 20.1. The summed E-state index contributed by atoms with van der Waals surface area (Å²) in [6.07, 6.45) is 3.81. The molecule has 30 heavy (non-hydrogen) atoms. The number of guanidine groups is 1. The van der Waals surface area contributed by atoms with Crippen molar-refractivity contribution in [1.29, 1.82) is 0 Å². The van der Waals surface area contributed by atoms with Crippen LogP contribution in [0.15, 0.2) is 64.5 Å². The van der Waals surface area contributed by atoms with Gasteiger partial charge in [0, 0.05) is 49.3 Å². The predicted molar refractivity (Wildman–Crippen MR) is 124 cm³/mol. The van der Waals surface area contributed by atoms with Crippen LogP contribution >= 0.6 is 11.8 Å². The summed E-state index contributed by atoms with van der Waals surface area (Å²) in [6.45, 7) is 3.13. The number of carbonyl (C=O) groups excluding carboxylic acids is 1. The highest BCUT2D eigenvalue weighted by molar-refractivity contribution is 8.01. The number of benzene rings is 2. The molecule has 0 saturated heterocycles. The number of hydrogen-bond acceptors (Lipinski definition) is 3. The van der Waals surface area contributed by atoms with Gasteiger partial charge in [-0.2, -0.15) is 0 Å². The molecule has 1 aliphatic heterocycles. The molecule has 0 unspecified atom stereocenters. The van der Waals surface area contributed by atoms with Crippen molar-refractivity contribution in [2.75, 3.05) is 20.1 Å². The zero-order valence-corrected chi connectivity index (χ0v) is 18.4. The van der Waals surface area contributed by atoms with Gasteiger partial charge >= 0.3 is 0 Å². The monoisotopic (exact) mass is 422 g/mol. The number of rotatable bonds is 8. The van der Waals surface area contributed by atoms with E-state index in [1.165, 1.54) is 28.9 Å². The Hall–Kier alpha value is -2.47. The average molecular weight is 423 g/mol. The standard InChI is InChI=1S/C24H30N4OS/c1-25-23(27-18-24(13-14-24)30-21-10-3-2-4-11-21)26-15-7-12-22(29)28-16-19-8-5-6-9-20(19)17-28/h2-6,8-11H,7,12-18H2,1H3,(H2,25,26,27). The Labute approximate surface area is 183 Å². The fourth-order valence-corrected chi connectivity index (χ4v) is 5.02. The predicted octanol–water partition coefficient (Wildman–Crippen LogP) is 3.80. The number of aliphatic imine (C=N–C) groups is 1. The number of hydrogen-bond donors (Lipinski definition) is 2. The lowest BCUT2D eigenvalue weighted by Gasteiger charge is -2.19. The maximum atomic E-state index is 12.5.